The average molecular weight is 277 g/mol. The second kappa shape index (κ2) is 5.20. The minimum absolute atomic E-state index is 0.297. The Balaban J connectivity index is 2.00. The van der Waals surface area contributed by atoms with Gasteiger partial charge in [0.1, 0.15) is 5.82 Å². The number of imidazole rings is 1. The van der Waals surface area contributed by atoms with Crippen molar-refractivity contribution in [2.75, 3.05) is 20.1 Å². The van der Waals surface area contributed by atoms with Crippen molar-refractivity contribution in [2.24, 2.45) is 0 Å². The van der Waals surface area contributed by atoms with Crippen molar-refractivity contribution in [3.05, 3.63) is 17.2 Å². The molecule has 1 fully saturated rings. The minimum atomic E-state index is -0.873. The highest BCUT2D eigenvalue weighted by atomic mass is 16.4. The number of rotatable bonds is 2. The van der Waals surface area contributed by atoms with E-state index in [2.05, 4.69) is 28.4 Å². The second-order valence-electron chi connectivity index (χ2n) is 6.26. The lowest BCUT2D eigenvalue weighted by molar-refractivity contribution is 0.0689. The Morgan fingerprint density at radius 2 is 2.00 bits per heavy atom. The first-order chi connectivity index (χ1) is 9.58. The van der Waals surface area contributed by atoms with Crippen molar-refractivity contribution < 1.29 is 9.90 Å². The van der Waals surface area contributed by atoms with E-state index in [4.69, 9.17) is 0 Å². The van der Waals surface area contributed by atoms with Crippen LogP contribution in [0.1, 0.15) is 66.6 Å². The number of hydrogen-bond acceptors (Lipinski definition) is 3. The van der Waals surface area contributed by atoms with E-state index in [0.29, 0.717) is 17.7 Å². The van der Waals surface area contributed by atoms with Crippen LogP contribution in [0.5, 0.6) is 0 Å². The molecule has 5 heteroatoms. The standard InChI is InChI=1S/C15H23N3O2/c1-10-4-3-5-12-13(15(19)20)16-14(18(10)12)11-6-8-17(2)9-7-11/h10-11H,3-9H2,1-2H3,(H,19,20). The number of carboxylic acids is 1. The number of carbonyl (C=O) groups is 1. The van der Waals surface area contributed by atoms with E-state index in [1.54, 1.807) is 0 Å². The molecule has 1 aromatic heterocycles. The normalized spacial score (nSPS) is 24.6. The summed E-state index contributed by atoms with van der Waals surface area (Å²) >= 11 is 0. The highest BCUT2D eigenvalue weighted by molar-refractivity contribution is 5.87. The van der Waals surface area contributed by atoms with Gasteiger partial charge in [0.25, 0.3) is 0 Å². The molecule has 1 N–H and O–H groups in total. The number of carboxylic acid groups (broad SMARTS) is 1. The van der Waals surface area contributed by atoms with Gasteiger partial charge in [-0.05, 0) is 59.2 Å². The third-order valence-electron chi connectivity index (χ3n) is 4.80. The molecular weight excluding hydrogens is 254 g/mol. The molecule has 0 radical (unpaired) electrons. The summed E-state index contributed by atoms with van der Waals surface area (Å²) in [5, 5.41) is 9.40. The van der Waals surface area contributed by atoms with Crippen LogP contribution in [-0.2, 0) is 6.42 Å². The first-order valence-electron chi connectivity index (χ1n) is 7.60. The lowest BCUT2D eigenvalue weighted by atomic mass is 9.95. The molecule has 3 heterocycles. The van der Waals surface area contributed by atoms with Gasteiger partial charge >= 0.3 is 5.97 Å². The first kappa shape index (κ1) is 13.6. The van der Waals surface area contributed by atoms with Crippen LogP contribution in [0.4, 0.5) is 0 Å². The molecule has 0 aliphatic carbocycles. The number of aromatic carboxylic acids is 1. The van der Waals surface area contributed by atoms with E-state index in [1.165, 1.54) is 0 Å². The summed E-state index contributed by atoms with van der Waals surface area (Å²) in [5.41, 5.74) is 1.25. The zero-order valence-corrected chi connectivity index (χ0v) is 12.3. The van der Waals surface area contributed by atoms with E-state index in [-0.39, 0.29) is 0 Å². The molecule has 1 atom stereocenters. The zero-order valence-electron chi connectivity index (χ0n) is 12.3. The maximum absolute atomic E-state index is 11.4. The molecule has 20 heavy (non-hydrogen) atoms. The molecule has 1 unspecified atom stereocenters. The molecule has 3 rings (SSSR count). The molecule has 0 amide bonds. The van der Waals surface area contributed by atoms with E-state index in [0.717, 1.165) is 56.7 Å². The maximum atomic E-state index is 11.4. The maximum Gasteiger partial charge on any atom is 0.356 e. The van der Waals surface area contributed by atoms with Crippen LogP contribution in [0.15, 0.2) is 0 Å². The number of nitrogens with zero attached hydrogens (tertiary/aromatic N) is 3. The van der Waals surface area contributed by atoms with Crippen molar-refractivity contribution in [1.29, 1.82) is 0 Å². The summed E-state index contributed by atoms with van der Waals surface area (Å²) < 4.78 is 2.24. The van der Waals surface area contributed by atoms with Gasteiger partial charge in [-0.15, -0.1) is 0 Å². The van der Waals surface area contributed by atoms with Crippen LogP contribution < -0.4 is 0 Å². The molecule has 0 bridgehead atoms. The zero-order chi connectivity index (χ0) is 14.3. The summed E-state index contributed by atoms with van der Waals surface area (Å²) in [5.74, 6) is 0.568. The van der Waals surface area contributed by atoms with Crippen LogP contribution >= 0.6 is 0 Å². The van der Waals surface area contributed by atoms with Gasteiger partial charge in [0.15, 0.2) is 5.69 Å². The number of hydrogen-bond donors (Lipinski definition) is 1. The molecule has 0 aromatic carbocycles. The van der Waals surface area contributed by atoms with E-state index in [1.807, 2.05) is 0 Å². The lowest BCUT2D eigenvalue weighted by Gasteiger charge is -2.31. The molecule has 2 aliphatic rings. The van der Waals surface area contributed by atoms with Gasteiger partial charge in [-0.2, -0.15) is 0 Å². The van der Waals surface area contributed by atoms with E-state index < -0.39 is 5.97 Å². The predicted molar refractivity (Wildman–Crippen MR) is 76.3 cm³/mol. The number of fused-ring (bicyclic) bond motifs is 1. The smallest absolute Gasteiger partial charge is 0.356 e. The molecule has 0 spiro atoms. The molecule has 2 aliphatic heterocycles. The van der Waals surface area contributed by atoms with Crippen LogP contribution in [0.3, 0.4) is 0 Å². The summed E-state index contributed by atoms with van der Waals surface area (Å²) in [7, 11) is 2.14. The van der Waals surface area contributed by atoms with Crippen molar-refractivity contribution in [3.8, 4) is 0 Å². The Kier molecular flexibility index (Phi) is 3.54. The number of piperidine rings is 1. The van der Waals surface area contributed by atoms with Gasteiger partial charge in [-0.1, -0.05) is 0 Å². The third kappa shape index (κ3) is 2.24. The van der Waals surface area contributed by atoms with Crippen LogP contribution in [0.2, 0.25) is 0 Å². The SMILES string of the molecule is CC1CCCc2c(C(=O)O)nc(C3CCN(C)CC3)n21. The fourth-order valence-corrected chi connectivity index (χ4v) is 3.64. The quantitative estimate of drug-likeness (QED) is 0.901. The van der Waals surface area contributed by atoms with Crippen LogP contribution in [0.25, 0.3) is 0 Å². The van der Waals surface area contributed by atoms with Crippen molar-refractivity contribution >= 4 is 5.97 Å². The molecule has 5 nitrogen and oxygen atoms in total. The number of aromatic nitrogens is 2. The minimum Gasteiger partial charge on any atom is -0.476 e. The molecule has 110 valence electrons. The van der Waals surface area contributed by atoms with Crippen LogP contribution in [-0.4, -0.2) is 45.7 Å². The van der Waals surface area contributed by atoms with Gasteiger partial charge in [-0.25, -0.2) is 9.78 Å². The molecule has 1 saturated heterocycles. The van der Waals surface area contributed by atoms with Gasteiger partial charge in [0.05, 0.1) is 5.69 Å². The Bertz CT molecular complexity index is 515. The molecule has 1 aromatic rings. The Morgan fingerprint density at radius 3 is 2.65 bits per heavy atom. The van der Waals surface area contributed by atoms with Gasteiger partial charge < -0.3 is 14.6 Å². The molecular formula is C15H23N3O2. The first-order valence-corrected chi connectivity index (χ1v) is 7.60. The largest absolute Gasteiger partial charge is 0.476 e. The van der Waals surface area contributed by atoms with Gasteiger partial charge in [0, 0.05) is 12.0 Å². The van der Waals surface area contributed by atoms with E-state index >= 15 is 0 Å². The summed E-state index contributed by atoms with van der Waals surface area (Å²) in [6.45, 7) is 4.34. The van der Waals surface area contributed by atoms with Gasteiger partial charge in [-0.3, -0.25) is 0 Å². The monoisotopic (exact) mass is 277 g/mol. The topological polar surface area (TPSA) is 58.4 Å². The fraction of sp³-hybridized carbons (Fsp3) is 0.733. The summed E-state index contributed by atoms with van der Waals surface area (Å²) in [6.07, 6.45) is 5.21. The number of likely N-dealkylation sites (tertiary alicyclic amines) is 1. The summed E-state index contributed by atoms with van der Waals surface area (Å²) in [6, 6.07) is 0.383. The fourth-order valence-electron chi connectivity index (χ4n) is 3.64. The van der Waals surface area contributed by atoms with E-state index in [9.17, 15) is 9.90 Å². The summed E-state index contributed by atoms with van der Waals surface area (Å²) in [4.78, 5) is 18.3. The van der Waals surface area contributed by atoms with Crippen molar-refractivity contribution in [2.45, 2.75) is 51.0 Å². The Hall–Kier alpha value is -1.36. The highest BCUT2D eigenvalue weighted by Crippen LogP contribution is 2.35. The van der Waals surface area contributed by atoms with Crippen LogP contribution in [0, 0.1) is 0 Å². The van der Waals surface area contributed by atoms with Gasteiger partial charge in [0.2, 0.25) is 0 Å². The second-order valence-corrected chi connectivity index (χ2v) is 6.26. The van der Waals surface area contributed by atoms with Crippen molar-refractivity contribution in [3.63, 3.8) is 0 Å². The predicted octanol–water partition coefficient (Wildman–Crippen LogP) is 2.29. The third-order valence-corrected chi connectivity index (χ3v) is 4.80. The van der Waals surface area contributed by atoms with Crippen molar-refractivity contribution in [1.82, 2.24) is 14.5 Å². The highest BCUT2D eigenvalue weighted by Gasteiger charge is 2.31. The molecule has 0 saturated carbocycles. The Labute approximate surface area is 119 Å². The average Bonchev–Trinajstić information content (AvgIpc) is 2.81. The lowest BCUT2D eigenvalue weighted by Crippen LogP contribution is -2.31. The Morgan fingerprint density at radius 1 is 1.30 bits per heavy atom.